The van der Waals surface area contributed by atoms with Gasteiger partial charge in [-0.05, 0) is 30.5 Å². The Morgan fingerprint density at radius 1 is 1.00 bits per heavy atom. The van der Waals surface area contributed by atoms with E-state index in [2.05, 4.69) is 56.6 Å². The van der Waals surface area contributed by atoms with Crippen LogP contribution in [0.3, 0.4) is 0 Å². The van der Waals surface area contributed by atoms with Crippen molar-refractivity contribution in [2.45, 2.75) is 25.4 Å². The Kier molecular flexibility index (Phi) is 3.99. The molecule has 0 spiro atoms. The molecule has 0 bridgehead atoms. The lowest BCUT2D eigenvalue weighted by Gasteiger charge is -2.32. The zero-order valence-corrected chi connectivity index (χ0v) is 13.2. The molecule has 2 N–H and O–H groups in total. The lowest BCUT2D eigenvalue weighted by Crippen LogP contribution is -2.38. The van der Waals surface area contributed by atoms with Gasteiger partial charge in [-0.2, -0.15) is 0 Å². The second-order valence-electron chi connectivity index (χ2n) is 6.28. The van der Waals surface area contributed by atoms with E-state index in [-0.39, 0.29) is 0 Å². The van der Waals surface area contributed by atoms with Crippen LogP contribution < -0.4 is 5.32 Å². The maximum Gasteiger partial charge on any atom is 0.201 e. The van der Waals surface area contributed by atoms with E-state index >= 15 is 0 Å². The normalized spacial score (nSPS) is 16.7. The zero-order chi connectivity index (χ0) is 15.5. The fourth-order valence-electron chi connectivity index (χ4n) is 3.29. The smallest absolute Gasteiger partial charge is 0.201 e. The number of rotatable bonds is 4. The van der Waals surface area contributed by atoms with Crippen LogP contribution in [0.4, 0.5) is 5.95 Å². The van der Waals surface area contributed by atoms with Crippen LogP contribution in [-0.4, -0.2) is 34.0 Å². The number of aromatic amines is 1. The standard InChI is InChI=1S/C19H22N4/c1-2-6-15(7-3-1)14-23-12-10-16(11-13-23)20-19-21-17-8-4-5-9-18(17)22-19/h1-9,16H,10-14H2,(H2,20,21,22). The summed E-state index contributed by atoms with van der Waals surface area (Å²) in [7, 11) is 0. The number of likely N-dealkylation sites (tertiary alicyclic amines) is 1. The van der Waals surface area contributed by atoms with Crippen LogP contribution in [-0.2, 0) is 6.54 Å². The molecule has 0 atom stereocenters. The van der Waals surface area contributed by atoms with Crippen molar-refractivity contribution in [1.29, 1.82) is 0 Å². The van der Waals surface area contributed by atoms with Gasteiger partial charge in [0, 0.05) is 25.7 Å². The molecule has 0 saturated carbocycles. The third kappa shape index (κ3) is 3.37. The van der Waals surface area contributed by atoms with E-state index in [9.17, 15) is 0 Å². The van der Waals surface area contributed by atoms with Crippen molar-refractivity contribution in [3.05, 3.63) is 60.2 Å². The van der Waals surface area contributed by atoms with E-state index in [1.807, 2.05) is 18.2 Å². The van der Waals surface area contributed by atoms with E-state index in [0.29, 0.717) is 6.04 Å². The summed E-state index contributed by atoms with van der Waals surface area (Å²) in [4.78, 5) is 10.5. The highest BCUT2D eigenvalue weighted by atomic mass is 15.2. The second kappa shape index (κ2) is 6.42. The number of H-pyrrole nitrogens is 1. The van der Waals surface area contributed by atoms with Gasteiger partial charge in [0.1, 0.15) is 0 Å². The summed E-state index contributed by atoms with van der Waals surface area (Å²) in [6.07, 6.45) is 2.31. The van der Waals surface area contributed by atoms with Crippen LogP contribution in [0.25, 0.3) is 11.0 Å². The number of benzene rings is 2. The van der Waals surface area contributed by atoms with Gasteiger partial charge in [0.05, 0.1) is 11.0 Å². The fourth-order valence-corrected chi connectivity index (χ4v) is 3.29. The van der Waals surface area contributed by atoms with E-state index in [1.54, 1.807) is 0 Å². The first-order chi connectivity index (χ1) is 11.4. The Balaban J connectivity index is 1.32. The quantitative estimate of drug-likeness (QED) is 0.773. The molecule has 1 aliphatic heterocycles. The minimum atomic E-state index is 0.502. The van der Waals surface area contributed by atoms with Crippen molar-refractivity contribution in [3.8, 4) is 0 Å². The van der Waals surface area contributed by atoms with Crippen LogP contribution in [0.2, 0.25) is 0 Å². The summed E-state index contributed by atoms with van der Waals surface area (Å²) in [6.45, 7) is 3.32. The Morgan fingerprint density at radius 3 is 2.52 bits per heavy atom. The maximum atomic E-state index is 4.61. The van der Waals surface area contributed by atoms with Crippen molar-refractivity contribution in [2.75, 3.05) is 18.4 Å². The highest BCUT2D eigenvalue weighted by Crippen LogP contribution is 2.19. The maximum absolute atomic E-state index is 4.61. The molecule has 1 fully saturated rings. The molecule has 1 aliphatic rings. The third-order valence-electron chi connectivity index (χ3n) is 4.57. The van der Waals surface area contributed by atoms with Crippen molar-refractivity contribution in [2.24, 2.45) is 0 Å². The molecule has 0 aliphatic carbocycles. The van der Waals surface area contributed by atoms with Crippen LogP contribution in [0.1, 0.15) is 18.4 Å². The Hall–Kier alpha value is -2.33. The van der Waals surface area contributed by atoms with Crippen molar-refractivity contribution in [1.82, 2.24) is 14.9 Å². The van der Waals surface area contributed by atoms with E-state index in [1.165, 1.54) is 5.56 Å². The number of nitrogens with zero attached hydrogens (tertiary/aromatic N) is 2. The lowest BCUT2D eigenvalue weighted by molar-refractivity contribution is 0.211. The second-order valence-corrected chi connectivity index (χ2v) is 6.28. The molecule has 23 heavy (non-hydrogen) atoms. The number of anilines is 1. The summed E-state index contributed by atoms with van der Waals surface area (Å²) in [5.41, 5.74) is 3.52. The highest BCUT2D eigenvalue weighted by Gasteiger charge is 2.19. The Morgan fingerprint density at radius 2 is 1.74 bits per heavy atom. The van der Waals surface area contributed by atoms with Gasteiger partial charge in [-0.15, -0.1) is 0 Å². The van der Waals surface area contributed by atoms with Gasteiger partial charge in [0.2, 0.25) is 5.95 Å². The molecular formula is C19H22N4. The number of para-hydroxylation sites is 2. The van der Waals surface area contributed by atoms with E-state index in [0.717, 1.165) is 49.5 Å². The molecule has 4 rings (SSSR count). The molecule has 4 nitrogen and oxygen atoms in total. The van der Waals surface area contributed by atoms with Crippen LogP contribution in [0.5, 0.6) is 0 Å². The minimum Gasteiger partial charge on any atom is -0.353 e. The number of hydrogen-bond donors (Lipinski definition) is 2. The summed E-state index contributed by atoms with van der Waals surface area (Å²) in [5, 5.41) is 3.56. The average molecular weight is 306 g/mol. The van der Waals surface area contributed by atoms with Gasteiger partial charge in [-0.3, -0.25) is 4.90 Å². The predicted octanol–water partition coefficient (Wildman–Crippen LogP) is 3.64. The topological polar surface area (TPSA) is 44.0 Å². The molecule has 1 aromatic heterocycles. The summed E-state index contributed by atoms with van der Waals surface area (Å²) in [5.74, 6) is 0.896. The van der Waals surface area contributed by atoms with Gasteiger partial charge in [-0.25, -0.2) is 4.98 Å². The molecule has 4 heteroatoms. The Labute approximate surface area is 136 Å². The molecule has 2 aromatic carbocycles. The van der Waals surface area contributed by atoms with Crippen molar-refractivity contribution < 1.29 is 0 Å². The van der Waals surface area contributed by atoms with Gasteiger partial charge in [0.25, 0.3) is 0 Å². The molecule has 0 amide bonds. The summed E-state index contributed by atoms with van der Waals surface area (Å²) in [6, 6.07) is 19.4. The number of aromatic nitrogens is 2. The highest BCUT2D eigenvalue weighted by molar-refractivity contribution is 5.77. The SMILES string of the molecule is c1ccc(CN2CCC(Nc3nc4ccccc4[nH]3)CC2)cc1. The number of nitrogens with one attached hydrogen (secondary N) is 2. The number of fused-ring (bicyclic) bond motifs is 1. The first-order valence-electron chi connectivity index (χ1n) is 8.34. The molecule has 2 heterocycles. The lowest BCUT2D eigenvalue weighted by atomic mass is 10.0. The van der Waals surface area contributed by atoms with Crippen molar-refractivity contribution in [3.63, 3.8) is 0 Å². The number of hydrogen-bond acceptors (Lipinski definition) is 3. The zero-order valence-electron chi connectivity index (χ0n) is 13.2. The monoisotopic (exact) mass is 306 g/mol. The molecular weight excluding hydrogens is 284 g/mol. The largest absolute Gasteiger partial charge is 0.353 e. The summed E-state index contributed by atoms with van der Waals surface area (Å²) < 4.78 is 0. The van der Waals surface area contributed by atoms with Crippen LogP contribution in [0, 0.1) is 0 Å². The first kappa shape index (κ1) is 14.3. The average Bonchev–Trinajstić information content (AvgIpc) is 3.00. The van der Waals surface area contributed by atoms with E-state index < -0.39 is 0 Å². The van der Waals surface area contributed by atoms with Crippen molar-refractivity contribution >= 4 is 17.0 Å². The molecule has 3 aromatic rings. The molecule has 118 valence electrons. The van der Waals surface area contributed by atoms with Gasteiger partial charge >= 0.3 is 0 Å². The first-order valence-corrected chi connectivity index (χ1v) is 8.34. The van der Waals surface area contributed by atoms with E-state index in [4.69, 9.17) is 0 Å². The van der Waals surface area contributed by atoms with Crippen LogP contribution >= 0.6 is 0 Å². The predicted molar refractivity (Wildman–Crippen MR) is 94.5 cm³/mol. The van der Waals surface area contributed by atoms with Gasteiger partial charge < -0.3 is 10.3 Å². The third-order valence-corrected chi connectivity index (χ3v) is 4.57. The molecule has 0 unspecified atom stereocenters. The molecule has 0 radical (unpaired) electrons. The fraction of sp³-hybridized carbons (Fsp3) is 0.316. The Bertz CT molecular complexity index is 724. The van der Waals surface area contributed by atoms with Gasteiger partial charge in [0.15, 0.2) is 0 Å². The van der Waals surface area contributed by atoms with Crippen LogP contribution in [0.15, 0.2) is 54.6 Å². The van der Waals surface area contributed by atoms with Gasteiger partial charge in [-0.1, -0.05) is 42.5 Å². The summed E-state index contributed by atoms with van der Waals surface area (Å²) >= 11 is 0. The number of piperidine rings is 1. The number of imidazole rings is 1. The molecule has 1 saturated heterocycles. The minimum absolute atomic E-state index is 0.502.